The van der Waals surface area contributed by atoms with Crippen molar-refractivity contribution in [2.24, 2.45) is 5.92 Å². The molecule has 0 spiro atoms. The largest absolute Gasteiger partial charge is 0.317 e. The fourth-order valence-corrected chi connectivity index (χ4v) is 3.10. The molecule has 1 aliphatic heterocycles. The van der Waals surface area contributed by atoms with Gasteiger partial charge in [-0.3, -0.25) is 4.79 Å². The molecule has 5 heteroatoms. The molecule has 1 aliphatic rings. The van der Waals surface area contributed by atoms with Gasteiger partial charge in [0, 0.05) is 12.5 Å². The highest BCUT2D eigenvalue weighted by atomic mass is 16.1. The Hall–Kier alpha value is -2.14. The molecule has 5 nitrogen and oxygen atoms in total. The molecule has 23 heavy (non-hydrogen) atoms. The maximum absolute atomic E-state index is 12.3. The molecule has 2 aromatic rings. The summed E-state index contributed by atoms with van der Waals surface area (Å²) in [6, 6.07) is 9.87. The lowest BCUT2D eigenvalue weighted by molar-refractivity contribution is -0.116. The molecule has 2 heterocycles. The normalized spacial score (nSPS) is 15.5. The highest BCUT2D eigenvalue weighted by Gasteiger charge is 2.15. The molecule has 2 N–H and O–H groups in total. The third kappa shape index (κ3) is 3.99. The Labute approximate surface area is 137 Å². The van der Waals surface area contributed by atoms with E-state index in [1.165, 1.54) is 12.8 Å². The van der Waals surface area contributed by atoms with E-state index in [2.05, 4.69) is 15.7 Å². The number of hydrogen-bond acceptors (Lipinski definition) is 3. The third-order valence-corrected chi connectivity index (χ3v) is 4.49. The minimum absolute atomic E-state index is 0.0684. The minimum Gasteiger partial charge on any atom is -0.317 e. The van der Waals surface area contributed by atoms with Crippen LogP contribution in [0, 0.1) is 12.8 Å². The number of nitrogens with zero attached hydrogens (tertiary/aromatic N) is 2. The lowest BCUT2D eigenvalue weighted by Crippen LogP contribution is -2.28. The summed E-state index contributed by atoms with van der Waals surface area (Å²) >= 11 is 0. The second kappa shape index (κ2) is 7.42. The standard InChI is InChI=1S/C18H24N4O/c1-14-4-2-3-5-16(14)22-17(10-13-20-22)21-18(23)7-6-15-8-11-19-12-9-15/h2-5,10,13,15,19H,6-9,11-12H2,1H3,(H,21,23). The molecule has 1 saturated heterocycles. The predicted molar refractivity (Wildman–Crippen MR) is 91.8 cm³/mol. The number of aromatic nitrogens is 2. The monoisotopic (exact) mass is 312 g/mol. The van der Waals surface area contributed by atoms with Crippen LogP contribution in [0.15, 0.2) is 36.5 Å². The van der Waals surface area contributed by atoms with Gasteiger partial charge < -0.3 is 10.6 Å². The lowest BCUT2D eigenvalue weighted by atomic mass is 9.93. The van der Waals surface area contributed by atoms with E-state index in [4.69, 9.17) is 0 Å². The average molecular weight is 312 g/mol. The topological polar surface area (TPSA) is 59.0 Å². The van der Waals surface area contributed by atoms with Gasteiger partial charge in [0.1, 0.15) is 5.82 Å². The number of rotatable bonds is 5. The second-order valence-corrected chi connectivity index (χ2v) is 6.19. The number of amides is 1. The molecule has 0 unspecified atom stereocenters. The third-order valence-electron chi connectivity index (χ3n) is 4.49. The first-order chi connectivity index (χ1) is 11.2. The van der Waals surface area contributed by atoms with Crippen molar-refractivity contribution in [1.82, 2.24) is 15.1 Å². The number of piperidine rings is 1. The number of carbonyl (C=O) groups excluding carboxylic acids is 1. The zero-order valence-electron chi connectivity index (χ0n) is 13.6. The maximum atomic E-state index is 12.3. The Morgan fingerprint density at radius 2 is 2.09 bits per heavy atom. The maximum Gasteiger partial charge on any atom is 0.225 e. The number of carbonyl (C=O) groups is 1. The Kier molecular flexibility index (Phi) is 5.08. The highest BCUT2D eigenvalue weighted by molar-refractivity contribution is 5.90. The summed E-state index contributed by atoms with van der Waals surface area (Å²) in [4.78, 5) is 12.3. The van der Waals surface area contributed by atoms with Gasteiger partial charge in [0.25, 0.3) is 0 Å². The number of benzene rings is 1. The van der Waals surface area contributed by atoms with Crippen LogP contribution >= 0.6 is 0 Å². The fourth-order valence-electron chi connectivity index (χ4n) is 3.10. The van der Waals surface area contributed by atoms with Gasteiger partial charge in [-0.15, -0.1) is 0 Å². The molecule has 3 rings (SSSR count). The summed E-state index contributed by atoms with van der Waals surface area (Å²) in [5.74, 6) is 1.47. The molecule has 0 atom stereocenters. The molecule has 0 aliphatic carbocycles. The van der Waals surface area contributed by atoms with Gasteiger partial charge >= 0.3 is 0 Å². The van der Waals surface area contributed by atoms with Crippen molar-refractivity contribution in [3.63, 3.8) is 0 Å². The Bertz CT molecular complexity index is 659. The lowest BCUT2D eigenvalue weighted by Gasteiger charge is -2.22. The quantitative estimate of drug-likeness (QED) is 0.892. The van der Waals surface area contributed by atoms with E-state index in [0.717, 1.165) is 36.6 Å². The zero-order chi connectivity index (χ0) is 16.1. The summed E-state index contributed by atoms with van der Waals surface area (Å²) in [6.45, 7) is 4.19. The predicted octanol–water partition coefficient (Wildman–Crippen LogP) is 2.90. The molecule has 122 valence electrons. The summed E-state index contributed by atoms with van der Waals surface area (Å²) in [5.41, 5.74) is 2.12. The van der Waals surface area contributed by atoms with E-state index in [9.17, 15) is 4.79 Å². The SMILES string of the molecule is Cc1ccccc1-n1nccc1NC(=O)CCC1CCNCC1. The minimum atomic E-state index is 0.0684. The van der Waals surface area contributed by atoms with E-state index in [-0.39, 0.29) is 5.91 Å². The molecule has 1 aromatic heterocycles. The van der Waals surface area contributed by atoms with Crippen LogP contribution in [0.25, 0.3) is 5.69 Å². The molecule has 0 saturated carbocycles. The Morgan fingerprint density at radius 1 is 1.30 bits per heavy atom. The van der Waals surface area contributed by atoms with Crippen LogP contribution in [-0.4, -0.2) is 28.8 Å². The van der Waals surface area contributed by atoms with E-state index >= 15 is 0 Å². The Morgan fingerprint density at radius 3 is 2.87 bits per heavy atom. The van der Waals surface area contributed by atoms with Crippen molar-refractivity contribution in [2.75, 3.05) is 18.4 Å². The van der Waals surface area contributed by atoms with Crippen molar-refractivity contribution >= 4 is 11.7 Å². The van der Waals surface area contributed by atoms with Gasteiger partial charge in [0.05, 0.1) is 11.9 Å². The van der Waals surface area contributed by atoms with Crippen LogP contribution < -0.4 is 10.6 Å². The van der Waals surface area contributed by atoms with Gasteiger partial charge in [-0.25, -0.2) is 4.68 Å². The second-order valence-electron chi connectivity index (χ2n) is 6.19. The first-order valence-corrected chi connectivity index (χ1v) is 8.34. The molecule has 0 bridgehead atoms. The average Bonchev–Trinajstić information content (AvgIpc) is 3.02. The van der Waals surface area contributed by atoms with Gasteiger partial charge in [0.15, 0.2) is 0 Å². The molecule has 0 radical (unpaired) electrons. The van der Waals surface area contributed by atoms with Crippen molar-refractivity contribution in [3.05, 3.63) is 42.1 Å². The van der Waals surface area contributed by atoms with Crippen LogP contribution in [0.4, 0.5) is 5.82 Å². The van der Waals surface area contributed by atoms with Crippen LogP contribution in [0.3, 0.4) is 0 Å². The van der Waals surface area contributed by atoms with Gasteiger partial charge in [-0.1, -0.05) is 18.2 Å². The highest BCUT2D eigenvalue weighted by Crippen LogP contribution is 2.20. The molecule has 1 aromatic carbocycles. The van der Waals surface area contributed by atoms with E-state index < -0.39 is 0 Å². The fraction of sp³-hybridized carbons (Fsp3) is 0.444. The molecule has 1 fully saturated rings. The summed E-state index contributed by atoms with van der Waals surface area (Å²) in [7, 11) is 0. The molecular weight excluding hydrogens is 288 g/mol. The Balaban J connectivity index is 1.61. The van der Waals surface area contributed by atoms with E-state index in [0.29, 0.717) is 12.3 Å². The van der Waals surface area contributed by atoms with Crippen LogP contribution in [-0.2, 0) is 4.79 Å². The van der Waals surface area contributed by atoms with Crippen molar-refractivity contribution in [3.8, 4) is 5.69 Å². The number of anilines is 1. The first-order valence-electron chi connectivity index (χ1n) is 8.34. The molecule has 1 amide bonds. The number of hydrogen-bond donors (Lipinski definition) is 2. The first kappa shape index (κ1) is 15.7. The van der Waals surface area contributed by atoms with Crippen LogP contribution in [0.5, 0.6) is 0 Å². The van der Waals surface area contributed by atoms with Gasteiger partial charge in [-0.2, -0.15) is 5.10 Å². The van der Waals surface area contributed by atoms with Crippen LogP contribution in [0.1, 0.15) is 31.2 Å². The van der Waals surface area contributed by atoms with E-state index in [1.807, 2.05) is 37.3 Å². The van der Waals surface area contributed by atoms with Crippen molar-refractivity contribution in [1.29, 1.82) is 0 Å². The number of nitrogens with one attached hydrogen (secondary N) is 2. The number of para-hydroxylation sites is 1. The molecular formula is C18H24N4O. The van der Waals surface area contributed by atoms with Crippen molar-refractivity contribution < 1.29 is 4.79 Å². The summed E-state index contributed by atoms with van der Waals surface area (Å²) in [5, 5.41) is 10.7. The summed E-state index contributed by atoms with van der Waals surface area (Å²) in [6.07, 6.45) is 5.60. The van der Waals surface area contributed by atoms with E-state index in [1.54, 1.807) is 10.9 Å². The van der Waals surface area contributed by atoms with Crippen LogP contribution in [0.2, 0.25) is 0 Å². The van der Waals surface area contributed by atoms with Crippen molar-refractivity contribution in [2.45, 2.75) is 32.6 Å². The zero-order valence-corrected chi connectivity index (χ0v) is 13.6. The van der Waals surface area contributed by atoms with Gasteiger partial charge in [-0.05, 0) is 56.8 Å². The number of aryl methyl sites for hydroxylation is 1. The summed E-state index contributed by atoms with van der Waals surface area (Å²) < 4.78 is 1.79. The smallest absolute Gasteiger partial charge is 0.225 e. The van der Waals surface area contributed by atoms with Gasteiger partial charge in [0.2, 0.25) is 5.91 Å².